The Hall–Kier alpha value is -2.30. The quantitative estimate of drug-likeness (QED) is 0.603. The van der Waals surface area contributed by atoms with Gasteiger partial charge in [0.1, 0.15) is 16.4 Å². The molecule has 0 spiro atoms. The molecule has 0 atom stereocenters. The summed E-state index contributed by atoms with van der Waals surface area (Å²) in [4.78, 5) is 9.76. The molecule has 0 aliphatic carbocycles. The highest BCUT2D eigenvalue weighted by Crippen LogP contribution is 2.31. The average Bonchev–Trinajstić information content (AvgIpc) is 2.67. The molecular formula is C10H7NO4. The summed E-state index contributed by atoms with van der Waals surface area (Å²) in [5.41, 5.74) is 0.436. The van der Waals surface area contributed by atoms with Gasteiger partial charge in [-0.3, -0.25) is 10.1 Å². The van der Waals surface area contributed by atoms with Crippen molar-refractivity contribution < 1.29 is 14.4 Å². The van der Waals surface area contributed by atoms with Gasteiger partial charge in [0.15, 0.2) is 0 Å². The maximum atomic E-state index is 10.4. The van der Waals surface area contributed by atoms with Gasteiger partial charge in [-0.05, 0) is 18.2 Å². The second-order valence-electron chi connectivity index (χ2n) is 2.91. The lowest BCUT2D eigenvalue weighted by Crippen LogP contribution is -1.82. The zero-order valence-corrected chi connectivity index (χ0v) is 7.58. The number of hydrogen-bond donors (Lipinski definition) is 1. The van der Waals surface area contributed by atoms with Crippen molar-refractivity contribution in [2.24, 2.45) is 0 Å². The Labute approximate surface area is 84.7 Å². The largest absolute Gasteiger partial charge is 0.507 e. The molecule has 0 radical (unpaired) electrons. The monoisotopic (exact) mass is 205 g/mol. The van der Waals surface area contributed by atoms with Crippen molar-refractivity contribution in [1.82, 2.24) is 0 Å². The number of hydrogen-bond acceptors (Lipinski definition) is 4. The highest BCUT2D eigenvalue weighted by Gasteiger charge is 2.14. The summed E-state index contributed by atoms with van der Waals surface area (Å²) in [6.07, 6.45) is 0. The third-order valence-corrected chi connectivity index (χ3v) is 1.94. The van der Waals surface area contributed by atoms with Crippen molar-refractivity contribution in [3.8, 4) is 17.1 Å². The Morgan fingerprint density at radius 2 is 1.93 bits per heavy atom. The van der Waals surface area contributed by atoms with Gasteiger partial charge in [-0.2, -0.15) is 0 Å². The van der Waals surface area contributed by atoms with Crippen LogP contribution < -0.4 is 0 Å². The van der Waals surface area contributed by atoms with Gasteiger partial charge in [0, 0.05) is 0 Å². The fraction of sp³-hybridized carbons (Fsp3) is 0. The number of furan rings is 1. The summed E-state index contributed by atoms with van der Waals surface area (Å²) in [6.45, 7) is 0. The number of phenols is 1. The first-order chi connectivity index (χ1) is 7.18. The van der Waals surface area contributed by atoms with Gasteiger partial charge in [0.05, 0.1) is 11.6 Å². The molecule has 2 rings (SSSR count). The van der Waals surface area contributed by atoms with E-state index in [2.05, 4.69) is 0 Å². The molecule has 2 aromatic rings. The molecule has 5 heteroatoms. The van der Waals surface area contributed by atoms with E-state index in [0.717, 1.165) is 0 Å². The molecule has 1 aromatic carbocycles. The van der Waals surface area contributed by atoms with Gasteiger partial charge in [-0.25, -0.2) is 0 Å². The Morgan fingerprint density at radius 1 is 1.20 bits per heavy atom. The van der Waals surface area contributed by atoms with Gasteiger partial charge in [0.25, 0.3) is 0 Å². The second kappa shape index (κ2) is 3.45. The number of nitro groups is 1. The van der Waals surface area contributed by atoms with E-state index in [1.54, 1.807) is 18.2 Å². The van der Waals surface area contributed by atoms with Crippen LogP contribution in [-0.4, -0.2) is 10.0 Å². The molecule has 1 heterocycles. The Kier molecular flexibility index (Phi) is 2.13. The van der Waals surface area contributed by atoms with E-state index in [0.29, 0.717) is 5.56 Å². The molecule has 15 heavy (non-hydrogen) atoms. The molecule has 0 saturated carbocycles. The van der Waals surface area contributed by atoms with Crippen LogP contribution in [0.5, 0.6) is 5.75 Å². The molecule has 1 N–H and O–H groups in total. The zero-order valence-electron chi connectivity index (χ0n) is 7.58. The van der Waals surface area contributed by atoms with Gasteiger partial charge < -0.3 is 9.52 Å². The van der Waals surface area contributed by atoms with Gasteiger partial charge in [-0.1, -0.05) is 12.1 Å². The maximum absolute atomic E-state index is 10.4. The van der Waals surface area contributed by atoms with E-state index in [9.17, 15) is 15.2 Å². The third kappa shape index (κ3) is 1.67. The molecule has 0 aliphatic rings. The van der Waals surface area contributed by atoms with Crippen LogP contribution in [-0.2, 0) is 0 Å². The number of benzene rings is 1. The van der Waals surface area contributed by atoms with Crippen molar-refractivity contribution in [2.75, 3.05) is 0 Å². The fourth-order valence-corrected chi connectivity index (χ4v) is 1.25. The highest BCUT2D eigenvalue weighted by atomic mass is 16.6. The van der Waals surface area contributed by atoms with Crippen LogP contribution in [0, 0.1) is 10.1 Å². The van der Waals surface area contributed by atoms with Crippen LogP contribution >= 0.6 is 0 Å². The smallest absolute Gasteiger partial charge is 0.433 e. The van der Waals surface area contributed by atoms with Crippen molar-refractivity contribution in [3.63, 3.8) is 0 Å². The number of para-hydroxylation sites is 1. The van der Waals surface area contributed by atoms with E-state index in [4.69, 9.17) is 4.42 Å². The first kappa shape index (κ1) is 9.26. The molecule has 0 bridgehead atoms. The topological polar surface area (TPSA) is 76.5 Å². The SMILES string of the molecule is O=[N+]([O-])c1ccc(-c2ccccc2O)o1. The van der Waals surface area contributed by atoms with E-state index >= 15 is 0 Å². The number of rotatable bonds is 2. The predicted molar refractivity (Wildman–Crippen MR) is 52.5 cm³/mol. The lowest BCUT2D eigenvalue weighted by Gasteiger charge is -1.98. The standard InChI is InChI=1S/C10H7NO4/c12-8-4-2-1-3-7(8)9-5-6-10(15-9)11(13)14/h1-6,12H. The second-order valence-corrected chi connectivity index (χ2v) is 2.91. The van der Waals surface area contributed by atoms with Gasteiger partial charge >= 0.3 is 5.88 Å². The molecule has 0 saturated heterocycles. The van der Waals surface area contributed by atoms with Gasteiger partial charge in [0.2, 0.25) is 0 Å². The molecular weight excluding hydrogens is 198 g/mol. The molecule has 5 nitrogen and oxygen atoms in total. The summed E-state index contributed by atoms with van der Waals surface area (Å²) in [5, 5.41) is 19.9. The van der Waals surface area contributed by atoms with E-state index in [1.165, 1.54) is 18.2 Å². The van der Waals surface area contributed by atoms with E-state index in [1.807, 2.05) is 0 Å². The van der Waals surface area contributed by atoms with Crippen molar-refractivity contribution >= 4 is 5.88 Å². The Bertz CT molecular complexity index is 504. The lowest BCUT2D eigenvalue weighted by molar-refractivity contribution is -0.401. The molecule has 1 aromatic heterocycles. The van der Waals surface area contributed by atoms with E-state index in [-0.39, 0.29) is 17.4 Å². The number of phenolic OH excluding ortho intramolecular Hbond substituents is 1. The highest BCUT2D eigenvalue weighted by molar-refractivity contribution is 5.65. The zero-order chi connectivity index (χ0) is 10.8. The molecule has 0 unspecified atom stereocenters. The normalized spacial score (nSPS) is 10.1. The molecule has 76 valence electrons. The predicted octanol–water partition coefficient (Wildman–Crippen LogP) is 2.56. The van der Waals surface area contributed by atoms with Crippen molar-refractivity contribution in [2.45, 2.75) is 0 Å². The van der Waals surface area contributed by atoms with Crippen LogP contribution in [0.3, 0.4) is 0 Å². The number of nitrogens with zero attached hydrogens (tertiary/aromatic N) is 1. The molecule has 0 aliphatic heterocycles. The average molecular weight is 205 g/mol. The van der Waals surface area contributed by atoms with Crippen LogP contribution in [0.4, 0.5) is 5.88 Å². The van der Waals surface area contributed by atoms with Crippen LogP contribution in [0.1, 0.15) is 0 Å². The van der Waals surface area contributed by atoms with Crippen molar-refractivity contribution in [3.05, 3.63) is 46.5 Å². The fourth-order valence-electron chi connectivity index (χ4n) is 1.25. The molecule has 0 fully saturated rings. The lowest BCUT2D eigenvalue weighted by atomic mass is 10.1. The maximum Gasteiger partial charge on any atom is 0.433 e. The summed E-state index contributed by atoms with van der Waals surface area (Å²) in [7, 11) is 0. The Morgan fingerprint density at radius 3 is 2.53 bits per heavy atom. The van der Waals surface area contributed by atoms with Gasteiger partial charge in [-0.15, -0.1) is 0 Å². The summed E-state index contributed by atoms with van der Waals surface area (Å²) >= 11 is 0. The third-order valence-electron chi connectivity index (χ3n) is 1.94. The minimum atomic E-state index is -0.622. The number of aromatic hydroxyl groups is 1. The van der Waals surface area contributed by atoms with Crippen LogP contribution in [0.2, 0.25) is 0 Å². The first-order valence-electron chi connectivity index (χ1n) is 4.21. The minimum Gasteiger partial charge on any atom is -0.507 e. The first-order valence-corrected chi connectivity index (χ1v) is 4.21. The summed E-state index contributed by atoms with van der Waals surface area (Å²) in [5.74, 6) is -0.0326. The summed E-state index contributed by atoms with van der Waals surface area (Å²) < 4.78 is 4.95. The van der Waals surface area contributed by atoms with E-state index < -0.39 is 4.92 Å². The van der Waals surface area contributed by atoms with Crippen LogP contribution in [0.15, 0.2) is 40.8 Å². The summed E-state index contributed by atoms with van der Waals surface area (Å²) in [6, 6.07) is 9.19. The minimum absolute atomic E-state index is 0.0294. The Balaban J connectivity index is 2.46. The van der Waals surface area contributed by atoms with Crippen LogP contribution in [0.25, 0.3) is 11.3 Å². The van der Waals surface area contributed by atoms with Crippen molar-refractivity contribution in [1.29, 1.82) is 0 Å². The molecule has 0 amide bonds.